The van der Waals surface area contributed by atoms with Crippen molar-refractivity contribution < 1.29 is 0 Å². The number of rotatable bonds is 5. The van der Waals surface area contributed by atoms with Gasteiger partial charge in [-0.25, -0.2) is 0 Å². The molecule has 0 fully saturated rings. The van der Waals surface area contributed by atoms with E-state index in [1.807, 2.05) is 30.3 Å². The Labute approximate surface area is 146 Å². The lowest BCUT2D eigenvalue weighted by Gasteiger charge is -2.11. The molecule has 0 unspecified atom stereocenters. The maximum atomic E-state index is 5.87. The molecule has 0 radical (unpaired) electrons. The van der Waals surface area contributed by atoms with Crippen LogP contribution in [0.4, 0.5) is 5.69 Å². The fraction of sp³-hybridized carbons (Fsp3) is 0.235. The summed E-state index contributed by atoms with van der Waals surface area (Å²) in [7, 11) is 0. The monoisotopic (exact) mass is 350 g/mol. The highest BCUT2D eigenvalue weighted by Gasteiger charge is 2.00. The molecule has 2 aromatic carbocycles. The molecule has 2 aromatic rings. The second kappa shape index (κ2) is 8.42. The van der Waals surface area contributed by atoms with Gasteiger partial charge in [0, 0.05) is 27.9 Å². The van der Waals surface area contributed by atoms with Crippen LogP contribution in [0, 0.1) is 13.8 Å². The Kier molecular flexibility index (Phi) is 6.55. The van der Waals surface area contributed by atoms with E-state index in [0.29, 0.717) is 5.11 Å². The molecule has 2 nitrogen and oxygen atoms in total. The molecule has 5 heteroatoms. The summed E-state index contributed by atoms with van der Waals surface area (Å²) in [6.45, 7) is 5.01. The minimum Gasteiger partial charge on any atom is -0.362 e. The minimum absolute atomic E-state index is 0.653. The minimum atomic E-state index is 0.653. The van der Waals surface area contributed by atoms with E-state index in [9.17, 15) is 0 Å². The van der Waals surface area contributed by atoms with E-state index in [0.717, 1.165) is 23.0 Å². The lowest BCUT2D eigenvalue weighted by Crippen LogP contribution is -2.30. The molecular formula is C17H19ClN2S2. The van der Waals surface area contributed by atoms with Crippen LogP contribution in [0.5, 0.6) is 0 Å². The van der Waals surface area contributed by atoms with E-state index < -0.39 is 0 Å². The van der Waals surface area contributed by atoms with Gasteiger partial charge in [0.15, 0.2) is 5.11 Å². The molecule has 0 saturated carbocycles. The number of hydrogen-bond donors (Lipinski definition) is 2. The lowest BCUT2D eigenvalue weighted by molar-refractivity contribution is 0.990. The fourth-order valence-corrected chi connectivity index (χ4v) is 2.97. The number of nitrogens with one attached hydrogen (secondary N) is 2. The summed E-state index contributed by atoms with van der Waals surface area (Å²) in [5.41, 5.74) is 3.56. The van der Waals surface area contributed by atoms with Gasteiger partial charge in [-0.05, 0) is 73.6 Å². The molecule has 0 amide bonds. The molecule has 2 rings (SSSR count). The molecule has 0 aliphatic heterocycles. The Balaban J connectivity index is 1.71. The van der Waals surface area contributed by atoms with Gasteiger partial charge >= 0.3 is 0 Å². The van der Waals surface area contributed by atoms with E-state index in [2.05, 4.69) is 36.6 Å². The van der Waals surface area contributed by atoms with Gasteiger partial charge in [-0.2, -0.15) is 0 Å². The Morgan fingerprint density at radius 1 is 1.09 bits per heavy atom. The first-order valence-corrected chi connectivity index (χ1v) is 8.82. The van der Waals surface area contributed by atoms with Crippen molar-refractivity contribution in [2.45, 2.75) is 18.7 Å². The third-order valence-electron chi connectivity index (χ3n) is 3.23. The van der Waals surface area contributed by atoms with Gasteiger partial charge in [-0.3, -0.25) is 0 Å². The molecule has 0 heterocycles. The van der Waals surface area contributed by atoms with Crippen LogP contribution in [0.25, 0.3) is 0 Å². The van der Waals surface area contributed by atoms with Gasteiger partial charge in [0.2, 0.25) is 0 Å². The van der Waals surface area contributed by atoms with Crippen molar-refractivity contribution in [3.63, 3.8) is 0 Å². The third-order valence-corrected chi connectivity index (χ3v) is 4.75. The SMILES string of the molecule is Cc1ccc(NC(=S)NCCSc2ccc(Cl)cc2)cc1C. The zero-order valence-corrected chi connectivity index (χ0v) is 15.0. The van der Waals surface area contributed by atoms with Crippen LogP contribution < -0.4 is 10.6 Å². The number of thiocarbonyl (C=S) groups is 1. The highest BCUT2D eigenvalue weighted by atomic mass is 35.5. The largest absolute Gasteiger partial charge is 0.362 e. The van der Waals surface area contributed by atoms with E-state index in [1.165, 1.54) is 16.0 Å². The van der Waals surface area contributed by atoms with E-state index in [1.54, 1.807) is 11.8 Å². The molecule has 0 aliphatic rings. The number of aryl methyl sites for hydroxylation is 2. The van der Waals surface area contributed by atoms with Gasteiger partial charge in [0.25, 0.3) is 0 Å². The Hall–Kier alpha value is -1.23. The maximum absolute atomic E-state index is 5.87. The first kappa shape index (κ1) is 17.1. The second-order valence-electron chi connectivity index (χ2n) is 4.98. The Morgan fingerprint density at radius 3 is 2.50 bits per heavy atom. The number of benzene rings is 2. The molecule has 116 valence electrons. The summed E-state index contributed by atoms with van der Waals surface area (Å²) in [5, 5.41) is 7.85. The van der Waals surface area contributed by atoms with Crippen molar-refractivity contribution in [2.75, 3.05) is 17.6 Å². The van der Waals surface area contributed by atoms with Gasteiger partial charge in [-0.15, -0.1) is 11.8 Å². The molecule has 0 spiro atoms. The quantitative estimate of drug-likeness (QED) is 0.448. The van der Waals surface area contributed by atoms with Crippen LogP contribution in [0.15, 0.2) is 47.4 Å². The van der Waals surface area contributed by atoms with Crippen molar-refractivity contribution in [3.8, 4) is 0 Å². The topological polar surface area (TPSA) is 24.1 Å². The predicted octanol–water partition coefficient (Wildman–Crippen LogP) is 5.04. The highest BCUT2D eigenvalue weighted by Crippen LogP contribution is 2.19. The van der Waals surface area contributed by atoms with Gasteiger partial charge in [0.05, 0.1) is 0 Å². The molecular weight excluding hydrogens is 332 g/mol. The summed E-state index contributed by atoms with van der Waals surface area (Å²) in [4.78, 5) is 1.21. The van der Waals surface area contributed by atoms with Crippen LogP contribution in [-0.4, -0.2) is 17.4 Å². The number of anilines is 1. The van der Waals surface area contributed by atoms with E-state index in [-0.39, 0.29) is 0 Å². The number of thioether (sulfide) groups is 1. The zero-order valence-electron chi connectivity index (χ0n) is 12.7. The van der Waals surface area contributed by atoms with E-state index in [4.69, 9.17) is 23.8 Å². The van der Waals surface area contributed by atoms with Crippen LogP contribution >= 0.6 is 35.6 Å². The smallest absolute Gasteiger partial charge is 0.170 e. The van der Waals surface area contributed by atoms with Crippen molar-refractivity contribution in [1.82, 2.24) is 5.32 Å². The first-order chi connectivity index (χ1) is 10.5. The standard InChI is InChI=1S/C17H19ClN2S2/c1-12-3-6-15(11-13(12)2)20-17(21)19-9-10-22-16-7-4-14(18)5-8-16/h3-8,11H,9-10H2,1-2H3,(H2,19,20,21). The van der Waals surface area contributed by atoms with Gasteiger partial charge < -0.3 is 10.6 Å². The maximum Gasteiger partial charge on any atom is 0.170 e. The van der Waals surface area contributed by atoms with Crippen LogP contribution in [0.1, 0.15) is 11.1 Å². The van der Waals surface area contributed by atoms with Crippen molar-refractivity contribution in [1.29, 1.82) is 0 Å². The van der Waals surface area contributed by atoms with Crippen molar-refractivity contribution in [3.05, 3.63) is 58.6 Å². The van der Waals surface area contributed by atoms with E-state index >= 15 is 0 Å². The Bertz CT molecular complexity index is 642. The average molecular weight is 351 g/mol. The van der Waals surface area contributed by atoms with Gasteiger partial charge in [-0.1, -0.05) is 17.7 Å². The number of halogens is 1. The van der Waals surface area contributed by atoms with Crippen LogP contribution in [0.2, 0.25) is 5.02 Å². The van der Waals surface area contributed by atoms with Crippen LogP contribution in [0.3, 0.4) is 0 Å². The third kappa shape index (κ3) is 5.52. The predicted molar refractivity (Wildman–Crippen MR) is 102 cm³/mol. The summed E-state index contributed by atoms with van der Waals surface area (Å²) in [5.74, 6) is 0.941. The first-order valence-electron chi connectivity index (χ1n) is 7.05. The fourth-order valence-electron chi connectivity index (χ4n) is 1.86. The molecule has 0 bridgehead atoms. The second-order valence-corrected chi connectivity index (χ2v) is 7.00. The molecule has 0 atom stereocenters. The lowest BCUT2D eigenvalue weighted by atomic mass is 10.1. The van der Waals surface area contributed by atoms with Crippen molar-refractivity contribution in [2.24, 2.45) is 0 Å². The summed E-state index contributed by atoms with van der Waals surface area (Å²) in [6, 6.07) is 14.1. The summed E-state index contributed by atoms with van der Waals surface area (Å²) in [6.07, 6.45) is 0. The molecule has 22 heavy (non-hydrogen) atoms. The zero-order chi connectivity index (χ0) is 15.9. The summed E-state index contributed by atoms with van der Waals surface area (Å²) >= 11 is 12.9. The highest BCUT2D eigenvalue weighted by molar-refractivity contribution is 7.99. The number of hydrogen-bond acceptors (Lipinski definition) is 2. The molecule has 0 aliphatic carbocycles. The molecule has 2 N–H and O–H groups in total. The van der Waals surface area contributed by atoms with Crippen molar-refractivity contribution >= 4 is 46.4 Å². The molecule has 0 aromatic heterocycles. The normalized spacial score (nSPS) is 10.3. The molecule has 0 saturated heterocycles. The van der Waals surface area contributed by atoms with Gasteiger partial charge in [0.1, 0.15) is 0 Å². The average Bonchev–Trinajstić information content (AvgIpc) is 2.49. The van der Waals surface area contributed by atoms with Crippen LogP contribution in [-0.2, 0) is 0 Å². The summed E-state index contributed by atoms with van der Waals surface area (Å²) < 4.78 is 0. The Morgan fingerprint density at radius 2 is 1.82 bits per heavy atom.